The molecule has 0 radical (unpaired) electrons. The van der Waals surface area contributed by atoms with Crippen molar-refractivity contribution in [3.63, 3.8) is 0 Å². The first-order chi connectivity index (χ1) is 15.9. The number of imidazole rings is 1. The Labute approximate surface area is 189 Å². The maximum Gasteiger partial charge on any atom is 0.231 e. The zero-order valence-corrected chi connectivity index (χ0v) is 18.2. The van der Waals surface area contributed by atoms with Crippen LogP contribution in [0.2, 0.25) is 0 Å². The fraction of sp³-hybridized carbons (Fsp3) is 0.261. The van der Waals surface area contributed by atoms with Crippen molar-refractivity contribution in [3.05, 3.63) is 66.3 Å². The number of hydrogen-bond donors (Lipinski definition) is 2. The Morgan fingerprint density at radius 3 is 2.64 bits per heavy atom. The highest BCUT2D eigenvalue weighted by atomic mass is 19.1. The third kappa shape index (κ3) is 4.59. The third-order valence-electron chi connectivity index (χ3n) is 5.73. The summed E-state index contributed by atoms with van der Waals surface area (Å²) in [6, 6.07) is 6.42. The number of halogens is 1. The molecule has 0 aliphatic heterocycles. The van der Waals surface area contributed by atoms with Gasteiger partial charge in [0.15, 0.2) is 5.82 Å². The van der Waals surface area contributed by atoms with E-state index < -0.39 is 5.82 Å². The highest BCUT2D eigenvalue weighted by Crippen LogP contribution is 2.47. The SMILES string of the molecule is Cn1cnc(Nc2ncc(-c3ccc(CC(=O)Nc4cc(C5(C)CC5)no4)c(F)c3)cn2)c1. The average Bonchev–Trinajstić information content (AvgIpc) is 3.16. The Hall–Kier alpha value is -4.08. The maximum absolute atomic E-state index is 14.7. The zero-order chi connectivity index (χ0) is 23.0. The van der Waals surface area contributed by atoms with Crippen molar-refractivity contribution in [2.24, 2.45) is 7.05 Å². The van der Waals surface area contributed by atoms with Crippen molar-refractivity contribution in [3.8, 4) is 11.1 Å². The Morgan fingerprint density at radius 2 is 1.97 bits per heavy atom. The molecule has 1 amide bonds. The van der Waals surface area contributed by atoms with Gasteiger partial charge in [-0.1, -0.05) is 24.2 Å². The Morgan fingerprint density at radius 1 is 1.18 bits per heavy atom. The Bertz CT molecular complexity index is 1310. The zero-order valence-electron chi connectivity index (χ0n) is 18.2. The Kier molecular flexibility index (Phi) is 5.12. The van der Waals surface area contributed by atoms with Crippen LogP contribution < -0.4 is 10.6 Å². The monoisotopic (exact) mass is 447 g/mol. The van der Waals surface area contributed by atoms with Crippen molar-refractivity contribution in [1.29, 1.82) is 0 Å². The first kappa shape index (κ1) is 20.8. The summed E-state index contributed by atoms with van der Waals surface area (Å²) in [6.45, 7) is 2.10. The van der Waals surface area contributed by atoms with Crippen molar-refractivity contribution in [2.45, 2.75) is 31.6 Å². The molecule has 9 nitrogen and oxygen atoms in total. The average molecular weight is 447 g/mol. The molecule has 3 heterocycles. The number of carbonyl (C=O) groups is 1. The van der Waals surface area contributed by atoms with Crippen LogP contribution in [0.4, 0.5) is 22.0 Å². The van der Waals surface area contributed by atoms with Gasteiger partial charge in [-0.25, -0.2) is 19.3 Å². The van der Waals surface area contributed by atoms with Crippen LogP contribution in [-0.2, 0) is 23.7 Å². The molecule has 4 aromatic rings. The molecule has 1 saturated carbocycles. The lowest BCUT2D eigenvalue weighted by molar-refractivity contribution is -0.115. The van der Waals surface area contributed by atoms with E-state index in [1.54, 1.807) is 47.7 Å². The minimum Gasteiger partial charge on any atom is -0.338 e. The molecular formula is C23H22FN7O2. The highest BCUT2D eigenvalue weighted by molar-refractivity contribution is 5.91. The van der Waals surface area contributed by atoms with E-state index in [9.17, 15) is 9.18 Å². The van der Waals surface area contributed by atoms with E-state index in [-0.39, 0.29) is 29.2 Å². The lowest BCUT2D eigenvalue weighted by atomic mass is 10.0. The molecule has 0 saturated heterocycles. The summed E-state index contributed by atoms with van der Waals surface area (Å²) in [4.78, 5) is 25.0. The molecule has 1 fully saturated rings. The van der Waals surface area contributed by atoms with Crippen LogP contribution in [0.15, 0.2) is 53.7 Å². The summed E-state index contributed by atoms with van der Waals surface area (Å²) in [5, 5.41) is 9.66. The number of anilines is 3. The second kappa shape index (κ2) is 8.12. The van der Waals surface area contributed by atoms with Crippen LogP contribution in [0.5, 0.6) is 0 Å². The molecule has 1 aromatic carbocycles. The van der Waals surface area contributed by atoms with Gasteiger partial charge in [-0.2, -0.15) is 0 Å². The first-order valence-corrected chi connectivity index (χ1v) is 10.5. The fourth-order valence-corrected chi connectivity index (χ4v) is 3.42. The molecule has 1 aliphatic rings. The molecule has 10 heteroatoms. The molecular weight excluding hydrogens is 425 g/mol. The van der Waals surface area contributed by atoms with Gasteiger partial charge in [-0.3, -0.25) is 10.1 Å². The van der Waals surface area contributed by atoms with Crippen LogP contribution in [0, 0.1) is 5.82 Å². The number of nitrogens with zero attached hydrogens (tertiary/aromatic N) is 5. The molecule has 5 rings (SSSR count). The van der Waals surface area contributed by atoms with Gasteiger partial charge >= 0.3 is 0 Å². The smallest absolute Gasteiger partial charge is 0.231 e. The number of rotatable bonds is 7. The van der Waals surface area contributed by atoms with E-state index >= 15 is 0 Å². The van der Waals surface area contributed by atoms with Gasteiger partial charge in [-0.05, 0) is 30.0 Å². The molecule has 0 bridgehead atoms. The summed E-state index contributed by atoms with van der Waals surface area (Å²) >= 11 is 0. The van der Waals surface area contributed by atoms with Gasteiger partial charge in [-0.15, -0.1) is 0 Å². The quantitative estimate of drug-likeness (QED) is 0.441. The number of aryl methyl sites for hydroxylation is 1. The van der Waals surface area contributed by atoms with Crippen molar-refractivity contribution in [1.82, 2.24) is 24.7 Å². The van der Waals surface area contributed by atoms with Crippen LogP contribution >= 0.6 is 0 Å². The fourth-order valence-electron chi connectivity index (χ4n) is 3.42. The maximum atomic E-state index is 14.7. The molecule has 0 atom stereocenters. The minimum atomic E-state index is -0.484. The lowest BCUT2D eigenvalue weighted by Gasteiger charge is -2.07. The van der Waals surface area contributed by atoms with Gasteiger partial charge in [0.05, 0.1) is 18.4 Å². The molecule has 0 spiro atoms. The van der Waals surface area contributed by atoms with E-state index in [1.807, 2.05) is 7.05 Å². The topological polar surface area (TPSA) is 111 Å². The normalized spacial score (nSPS) is 14.2. The first-order valence-electron chi connectivity index (χ1n) is 10.5. The molecule has 0 unspecified atom stereocenters. The van der Waals surface area contributed by atoms with E-state index in [0.717, 1.165) is 18.5 Å². The summed E-state index contributed by atoms with van der Waals surface area (Å²) in [7, 11) is 1.86. The van der Waals surface area contributed by atoms with Crippen LogP contribution in [0.1, 0.15) is 31.0 Å². The second-order valence-corrected chi connectivity index (χ2v) is 8.51. The number of carbonyl (C=O) groups excluding carboxylic acids is 1. The van der Waals surface area contributed by atoms with Crippen LogP contribution in [0.25, 0.3) is 11.1 Å². The third-order valence-corrected chi connectivity index (χ3v) is 5.73. The number of amides is 1. The molecule has 33 heavy (non-hydrogen) atoms. The largest absolute Gasteiger partial charge is 0.338 e. The van der Waals surface area contributed by atoms with Crippen molar-refractivity contribution < 1.29 is 13.7 Å². The van der Waals surface area contributed by atoms with Gasteiger partial charge in [0.1, 0.15) is 5.82 Å². The summed E-state index contributed by atoms with van der Waals surface area (Å²) < 4.78 is 21.7. The molecule has 2 N–H and O–H groups in total. The van der Waals surface area contributed by atoms with Gasteiger partial charge in [0.25, 0.3) is 0 Å². The van der Waals surface area contributed by atoms with Gasteiger partial charge in [0.2, 0.25) is 17.7 Å². The Balaban J connectivity index is 1.22. The highest BCUT2D eigenvalue weighted by Gasteiger charge is 2.42. The second-order valence-electron chi connectivity index (χ2n) is 8.51. The van der Waals surface area contributed by atoms with Gasteiger partial charge < -0.3 is 14.4 Å². The van der Waals surface area contributed by atoms with Crippen molar-refractivity contribution >= 4 is 23.6 Å². The standard InChI is InChI=1S/C23H22FN7O2/c1-23(5-6-23)18-9-21(33-30-18)29-20(32)8-15-4-3-14(7-17(15)24)16-10-25-22(26-11-16)28-19-12-31(2)13-27-19/h3-4,7,9-13H,5-6,8H2,1-2H3,(H,29,32)(H,25,26,28). The lowest BCUT2D eigenvalue weighted by Crippen LogP contribution is -2.14. The van der Waals surface area contributed by atoms with Crippen LogP contribution in [-0.4, -0.2) is 30.6 Å². The molecule has 3 aromatic heterocycles. The van der Waals surface area contributed by atoms with E-state index in [2.05, 4.69) is 37.7 Å². The number of hydrogen-bond acceptors (Lipinski definition) is 7. The van der Waals surface area contributed by atoms with E-state index in [0.29, 0.717) is 22.9 Å². The summed E-state index contributed by atoms with van der Waals surface area (Å²) in [5.74, 6) is 0.428. The molecule has 1 aliphatic carbocycles. The van der Waals surface area contributed by atoms with Gasteiger partial charge in [0, 0.05) is 42.7 Å². The number of nitrogens with one attached hydrogen (secondary N) is 2. The van der Waals surface area contributed by atoms with Crippen LogP contribution in [0.3, 0.4) is 0 Å². The predicted octanol–water partition coefficient (Wildman–Crippen LogP) is 3.98. The molecule has 168 valence electrons. The summed E-state index contributed by atoms with van der Waals surface area (Å²) in [6.07, 6.45) is 8.65. The number of aromatic nitrogens is 5. The van der Waals surface area contributed by atoms with E-state index in [1.165, 1.54) is 6.07 Å². The van der Waals surface area contributed by atoms with E-state index in [4.69, 9.17) is 4.52 Å². The number of benzene rings is 1. The predicted molar refractivity (Wildman–Crippen MR) is 119 cm³/mol. The minimum absolute atomic E-state index is 0.0465. The van der Waals surface area contributed by atoms with Crippen molar-refractivity contribution in [2.75, 3.05) is 10.6 Å². The summed E-state index contributed by atoms with van der Waals surface area (Å²) in [5.41, 5.74) is 2.42.